The first-order chi connectivity index (χ1) is 10.8. The van der Waals surface area contributed by atoms with Gasteiger partial charge in [0.25, 0.3) is 0 Å². The van der Waals surface area contributed by atoms with E-state index in [1.54, 1.807) is 0 Å². The van der Waals surface area contributed by atoms with Gasteiger partial charge < -0.3 is 9.31 Å². The first kappa shape index (κ1) is 16.2. The summed E-state index contributed by atoms with van der Waals surface area (Å²) in [6.45, 7) is 8.20. The van der Waals surface area contributed by atoms with Crippen LogP contribution >= 0.6 is 11.3 Å². The van der Waals surface area contributed by atoms with Crippen LogP contribution in [0, 0.1) is 11.3 Å². The summed E-state index contributed by atoms with van der Waals surface area (Å²) in [6, 6.07) is 10.2. The lowest BCUT2D eigenvalue weighted by Gasteiger charge is -2.32. The standard InChI is InChI=1S/C17H19BN2O2S/c1-16(2)17(3,4)22-18(21-16)13-7-5-12(6-8-13)14-11-23-15(20-14)9-10-19/h5-8,11H,9H2,1-4H3. The van der Waals surface area contributed by atoms with Gasteiger partial charge in [-0.05, 0) is 33.2 Å². The molecule has 0 radical (unpaired) electrons. The number of aromatic nitrogens is 1. The van der Waals surface area contributed by atoms with Crippen molar-refractivity contribution in [3.8, 4) is 17.3 Å². The van der Waals surface area contributed by atoms with E-state index >= 15 is 0 Å². The maximum absolute atomic E-state index is 8.73. The molecule has 2 heterocycles. The van der Waals surface area contributed by atoms with Gasteiger partial charge in [-0.2, -0.15) is 5.26 Å². The molecule has 1 fully saturated rings. The number of nitriles is 1. The summed E-state index contributed by atoms with van der Waals surface area (Å²) in [5.74, 6) is 0. The zero-order chi connectivity index (χ0) is 16.7. The van der Waals surface area contributed by atoms with Crippen molar-refractivity contribution in [1.29, 1.82) is 5.26 Å². The summed E-state index contributed by atoms with van der Waals surface area (Å²) in [5, 5.41) is 11.6. The van der Waals surface area contributed by atoms with Gasteiger partial charge in [-0.25, -0.2) is 4.98 Å². The number of thiazole rings is 1. The summed E-state index contributed by atoms with van der Waals surface area (Å²) in [4.78, 5) is 4.48. The summed E-state index contributed by atoms with van der Waals surface area (Å²) in [5.41, 5.74) is 2.26. The predicted octanol–water partition coefficient (Wildman–Crippen LogP) is 3.18. The molecule has 1 saturated heterocycles. The van der Waals surface area contributed by atoms with Gasteiger partial charge in [0.15, 0.2) is 0 Å². The Kier molecular flexibility index (Phi) is 4.05. The first-order valence-corrected chi connectivity index (χ1v) is 8.48. The fourth-order valence-electron chi connectivity index (χ4n) is 2.38. The van der Waals surface area contributed by atoms with Gasteiger partial charge in [-0.1, -0.05) is 24.3 Å². The van der Waals surface area contributed by atoms with Gasteiger partial charge in [0.05, 0.1) is 29.4 Å². The average Bonchev–Trinajstić information content (AvgIpc) is 3.03. The molecule has 6 heteroatoms. The van der Waals surface area contributed by atoms with Crippen LogP contribution in [0.4, 0.5) is 0 Å². The zero-order valence-corrected chi connectivity index (χ0v) is 14.6. The number of rotatable bonds is 3. The zero-order valence-electron chi connectivity index (χ0n) is 13.8. The summed E-state index contributed by atoms with van der Waals surface area (Å²) in [6.07, 6.45) is 0.358. The van der Waals surface area contributed by atoms with E-state index in [4.69, 9.17) is 14.6 Å². The second kappa shape index (κ2) is 5.75. The Morgan fingerprint density at radius 1 is 1.13 bits per heavy atom. The van der Waals surface area contributed by atoms with Gasteiger partial charge in [0, 0.05) is 10.9 Å². The molecule has 0 saturated carbocycles. The molecule has 4 nitrogen and oxygen atoms in total. The molecule has 3 rings (SSSR count). The number of nitrogens with zero attached hydrogens (tertiary/aromatic N) is 2. The van der Waals surface area contributed by atoms with Crippen molar-refractivity contribution in [2.24, 2.45) is 0 Å². The lowest BCUT2D eigenvalue weighted by atomic mass is 9.79. The smallest absolute Gasteiger partial charge is 0.399 e. The molecular weight excluding hydrogens is 307 g/mol. The van der Waals surface area contributed by atoms with E-state index < -0.39 is 0 Å². The summed E-state index contributed by atoms with van der Waals surface area (Å²) in [7, 11) is -0.348. The number of benzene rings is 1. The molecule has 0 atom stereocenters. The van der Waals surface area contributed by atoms with Crippen LogP contribution in [0.15, 0.2) is 29.6 Å². The Bertz CT molecular complexity index is 731. The second-order valence-corrected chi connectivity index (χ2v) is 7.61. The normalized spacial score (nSPS) is 18.8. The maximum Gasteiger partial charge on any atom is 0.494 e. The topological polar surface area (TPSA) is 55.1 Å². The van der Waals surface area contributed by atoms with E-state index in [0.29, 0.717) is 6.42 Å². The molecule has 2 aromatic rings. The molecule has 0 unspecified atom stereocenters. The number of hydrogen-bond donors (Lipinski definition) is 0. The lowest BCUT2D eigenvalue weighted by molar-refractivity contribution is 0.00578. The van der Waals surface area contributed by atoms with Crippen LogP contribution in [0.25, 0.3) is 11.3 Å². The summed E-state index contributed by atoms with van der Waals surface area (Å²) >= 11 is 1.51. The maximum atomic E-state index is 8.73. The van der Waals surface area contributed by atoms with Crippen LogP contribution < -0.4 is 5.46 Å². The van der Waals surface area contributed by atoms with E-state index in [0.717, 1.165) is 21.7 Å². The SMILES string of the molecule is CC1(C)OB(c2ccc(-c3csc(CC#N)n3)cc2)OC1(C)C. The monoisotopic (exact) mass is 326 g/mol. The van der Waals surface area contributed by atoms with Crippen LogP contribution in [-0.4, -0.2) is 23.3 Å². The van der Waals surface area contributed by atoms with E-state index in [-0.39, 0.29) is 18.3 Å². The third kappa shape index (κ3) is 3.05. The van der Waals surface area contributed by atoms with E-state index in [2.05, 4.69) is 11.1 Å². The Balaban J connectivity index is 1.79. The molecule has 0 aliphatic carbocycles. The Hall–Kier alpha value is -1.68. The molecule has 1 aromatic carbocycles. The highest BCUT2D eigenvalue weighted by molar-refractivity contribution is 7.10. The first-order valence-electron chi connectivity index (χ1n) is 7.60. The van der Waals surface area contributed by atoms with Gasteiger partial charge in [0.2, 0.25) is 0 Å². The van der Waals surface area contributed by atoms with Crippen molar-refractivity contribution in [3.05, 3.63) is 34.7 Å². The van der Waals surface area contributed by atoms with Crippen LogP contribution in [0.1, 0.15) is 32.7 Å². The summed E-state index contributed by atoms with van der Waals surface area (Å²) < 4.78 is 12.1. The molecule has 118 valence electrons. The van der Waals surface area contributed by atoms with Crippen LogP contribution in [0.2, 0.25) is 0 Å². The molecule has 1 aliphatic heterocycles. The van der Waals surface area contributed by atoms with Crippen LogP contribution in [0.3, 0.4) is 0 Å². The van der Waals surface area contributed by atoms with Gasteiger partial charge in [-0.15, -0.1) is 11.3 Å². The molecule has 1 aromatic heterocycles. The lowest BCUT2D eigenvalue weighted by Crippen LogP contribution is -2.41. The largest absolute Gasteiger partial charge is 0.494 e. The van der Waals surface area contributed by atoms with Crippen molar-refractivity contribution < 1.29 is 9.31 Å². The van der Waals surface area contributed by atoms with Crippen molar-refractivity contribution in [3.63, 3.8) is 0 Å². The Morgan fingerprint density at radius 2 is 1.74 bits per heavy atom. The van der Waals surface area contributed by atoms with Gasteiger partial charge >= 0.3 is 7.12 Å². The van der Waals surface area contributed by atoms with E-state index in [9.17, 15) is 0 Å². The molecule has 1 aliphatic rings. The van der Waals surface area contributed by atoms with Crippen molar-refractivity contribution in [2.75, 3.05) is 0 Å². The quantitative estimate of drug-likeness (QED) is 0.813. The molecular formula is C17H19BN2O2S. The number of hydrogen-bond acceptors (Lipinski definition) is 5. The molecule has 23 heavy (non-hydrogen) atoms. The Morgan fingerprint density at radius 3 is 2.30 bits per heavy atom. The molecule has 0 N–H and O–H groups in total. The highest BCUT2D eigenvalue weighted by Crippen LogP contribution is 2.36. The Labute approximate surface area is 141 Å². The molecule has 0 spiro atoms. The van der Waals surface area contributed by atoms with Gasteiger partial charge in [-0.3, -0.25) is 0 Å². The third-order valence-electron chi connectivity index (χ3n) is 4.51. The molecule has 0 bridgehead atoms. The fraction of sp³-hybridized carbons (Fsp3) is 0.412. The van der Waals surface area contributed by atoms with Crippen molar-refractivity contribution in [2.45, 2.75) is 45.3 Å². The van der Waals surface area contributed by atoms with Gasteiger partial charge in [0.1, 0.15) is 5.01 Å². The van der Waals surface area contributed by atoms with Crippen LogP contribution in [-0.2, 0) is 15.7 Å². The van der Waals surface area contributed by atoms with E-state index in [1.165, 1.54) is 11.3 Å². The molecule has 0 amide bonds. The highest BCUT2D eigenvalue weighted by Gasteiger charge is 2.51. The minimum absolute atomic E-state index is 0.336. The third-order valence-corrected chi connectivity index (χ3v) is 5.36. The fourth-order valence-corrected chi connectivity index (χ4v) is 3.12. The van der Waals surface area contributed by atoms with Crippen molar-refractivity contribution >= 4 is 23.9 Å². The minimum Gasteiger partial charge on any atom is -0.399 e. The van der Waals surface area contributed by atoms with Crippen molar-refractivity contribution in [1.82, 2.24) is 4.98 Å². The predicted molar refractivity (Wildman–Crippen MR) is 92.6 cm³/mol. The average molecular weight is 326 g/mol. The minimum atomic E-state index is -0.348. The second-order valence-electron chi connectivity index (χ2n) is 6.67. The van der Waals surface area contributed by atoms with Crippen LogP contribution in [0.5, 0.6) is 0 Å². The highest BCUT2D eigenvalue weighted by atomic mass is 32.1. The van der Waals surface area contributed by atoms with E-state index in [1.807, 2.05) is 57.3 Å².